The third-order valence-electron chi connectivity index (χ3n) is 3.56. The highest BCUT2D eigenvalue weighted by Gasteiger charge is 2.27. The van der Waals surface area contributed by atoms with Gasteiger partial charge in [-0.25, -0.2) is 0 Å². The minimum absolute atomic E-state index is 0.113. The van der Waals surface area contributed by atoms with Gasteiger partial charge in [0, 0.05) is 26.2 Å². The van der Waals surface area contributed by atoms with Crippen LogP contribution in [-0.4, -0.2) is 50.3 Å². The van der Waals surface area contributed by atoms with Crippen molar-refractivity contribution < 1.29 is 14.3 Å². The molecule has 1 atom stereocenters. The highest BCUT2D eigenvalue weighted by atomic mass is 16.5. The molecule has 17 heavy (non-hydrogen) atoms. The van der Waals surface area contributed by atoms with Gasteiger partial charge in [0.25, 0.3) is 0 Å². The van der Waals surface area contributed by atoms with Gasteiger partial charge >= 0.3 is 5.97 Å². The summed E-state index contributed by atoms with van der Waals surface area (Å²) < 4.78 is 10.4. The Bertz CT molecular complexity index is 247. The third-order valence-corrected chi connectivity index (χ3v) is 3.56. The van der Waals surface area contributed by atoms with E-state index in [1.807, 2.05) is 0 Å². The zero-order valence-corrected chi connectivity index (χ0v) is 10.7. The van der Waals surface area contributed by atoms with E-state index in [1.54, 1.807) is 0 Å². The fraction of sp³-hybridized carbons (Fsp3) is 0.923. The van der Waals surface area contributed by atoms with E-state index in [4.69, 9.17) is 9.47 Å². The van der Waals surface area contributed by atoms with Crippen LogP contribution >= 0.6 is 0 Å². The third kappa shape index (κ3) is 4.64. The summed E-state index contributed by atoms with van der Waals surface area (Å²) in [5.74, 6) is 0.743. The summed E-state index contributed by atoms with van der Waals surface area (Å²) >= 11 is 0. The zero-order valence-electron chi connectivity index (χ0n) is 10.7. The molecule has 1 aliphatic heterocycles. The highest BCUT2D eigenvalue weighted by molar-refractivity contribution is 5.69. The fourth-order valence-corrected chi connectivity index (χ4v) is 2.35. The number of methoxy groups -OCH3 is 1. The first-order valence-electron chi connectivity index (χ1n) is 6.68. The van der Waals surface area contributed by atoms with Gasteiger partial charge in [-0.3, -0.25) is 9.69 Å². The molecule has 1 heterocycles. The molecule has 0 aromatic heterocycles. The Labute approximate surface area is 103 Å². The van der Waals surface area contributed by atoms with Crippen LogP contribution in [0.2, 0.25) is 0 Å². The SMILES string of the molecule is COC(=O)CCN(CC1CC1)CC1CCCO1. The van der Waals surface area contributed by atoms with Gasteiger partial charge in [-0.15, -0.1) is 0 Å². The summed E-state index contributed by atoms with van der Waals surface area (Å²) in [6.45, 7) is 3.81. The Morgan fingerprint density at radius 1 is 1.35 bits per heavy atom. The smallest absolute Gasteiger partial charge is 0.306 e. The van der Waals surface area contributed by atoms with Gasteiger partial charge in [0.2, 0.25) is 0 Å². The van der Waals surface area contributed by atoms with E-state index in [9.17, 15) is 4.79 Å². The number of carbonyl (C=O) groups excluding carboxylic acids is 1. The fourth-order valence-electron chi connectivity index (χ4n) is 2.35. The molecule has 0 aromatic carbocycles. The van der Waals surface area contributed by atoms with Gasteiger partial charge in [0.05, 0.1) is 19.6 Å². The van der Waals surface area contributed by atoms with Crippen LogP contribution in [0.15, 0.2) is 0 Å². The topological polar surface area (TPSA) is 38.8 Å². The van der Waals surface area contributed by atoms with Crippen LogP contribution < -0.4 is 0 Å². The molecule has 2 aliphatic rings. The molecule has 1 saturated heterocycles. The van der Waals surface area contributed by atoms with Crippen LogP contribution in [0.1, 0.15) is 32.1 Å². The monoisotopic (exact) mass is 241 g/mol. The van der Waals surface area contributed by atoms with E-state index < -0.39 is 0 Å². The van der Waals surface area contributed by atoms with Crippen LogP contribution in [0.4, 0.5) is 0 Å². The summed E-state index contributed by atoms with van der Waals surface area (Å²) in [6, 6.07) is 0. The number of hydrogen-bond donors (Lipinski definition) is 0. The van der Waals surface area contributed by atoms with E-state index in [0.29, 0.717) is 12.5 Å². The van der Waals surface area contributed by atoms with E-state index in [2.05, 4.69) is 4.90 Å². The van der Waals surface area contributed by atoms with Crippen molar-refractivity contribution in [3.63, 3.8) is 0 Å². The molecule has 0 aromatic rings. The Morgan fingerprint density at radius 2 is 2.18 bits per heavy atom. The molecule has 4 nitrogen and oxygen atoms in total. The molecular formula is C13H23NO3. The van der Waals surface area contributed by atoms with Gasteiger partial charge < -0.3 is 9.47 Å². The van der Waals surface area contributed by atoms with Crippen molar-refractivity contribution in [2.75, 3.05) is 33.4 Å². The second-order valence-electron chi connectivity index (χ2n) is 5.16. The van der Waals surface area contributed by atoms with Crippen molar-refractivity contribution in [2.45, 2.75) is 38.2 Å². The maximum absolute atomic E-state index is 11.2. The predicted molar refractivity (Wildman–Crippen MR) is 64.8 cm³/mol. The molecule has 1 aliphatic carbocycles. The van der Waals surface area contributed by atoms with Crippen LogP contribution in [0, 0.1) is 5.92 Å². The first kappa shape index (κ1) is 12.8. The van der Waals surface area contributed by atoms with Gasteiger partial charge in [-0.1, -0.05) is 0 Å². The van der Waals surface area contributed by atoms with Gasteiger partial charge in [-0.05, 0) is 31.6 Å². The lowest BCUT2D eigenvalue weighted by Gasteiger charge is -2.24. The van der Waals surface area contributed by atoms with Crippen LogP contribution in [0.5, 0.6) is 0 Å². The molecule has 1 unspecified atom stereocenters. The molecule has 0 radical (unpaired) electrons. The normalized spacial score (nSPS) is 24.2. The lowest BCUT2D eigenvalue weighted by molar-refractivity contribution is -0.141. The minimum atomic E-state index is -0.113. The standard InChI is InChI=1S/C13H23NO3/c1-16-13(15)6-7-14(9-11-4-5-11)10-12-3-2-8-17-12/h11-12H,2-10H2,1H3. The number of esters is 1. The number of ether oxygens (including phenoxy) is 2. The molecular weight excluding hydrogens is 218 g/mol. The molecule has 0 N–H and O–H groups in total. The Morgan fingerprint density at radius 3 is 2.76 bits per heavy atom. The summed E-state index contributed by atoms with van der Waals surface area (Å²) in [7, 11) is 1.45. The average Bonchev–Trinajstić information content (AvgIpc) is 3.00. The minimum Gasteiger partial charge on any atom is -0.469 e. The molecule has 1 saturated carbocycles. The lowest BCUT2D eigenvalue weighted by atomic mass is 10.2. The second kappa shape index (κ2) is 6.36. The Balaban J connectivity index is 1.72. The predicted octanol–water partition coefficient (Wildman–Crippen LogP) is 1.44. The van der Waals surface area contributed by atoms with Crippen molar-refractivity contribution in [3.05, 3.63) is 0 Å². The Hall–Kier alpha value is -0.610. The van der Waals surface area contributed by atoms with E-state index in [1.165, 1.54) is 32.8 Å². The number of rotatable bonds is 7. The van der Waals surface area contributed by atoms with Crippen molar-refractivity contribution >= 4 is 5.97 Å². The first-order chi connectivity index (χ1) is 8.28. The van der Waals surface area contributed by atoms with Crippen molar-refractivity contribution in [1.29, 1.82) is 0 Å². The number of carbonyl (C=O) groups is 1. The maximum atomic E-state index is 11.2. The molecule has 2 rings (SSSR count). The van der Waals surface area contributed by atoms with Gasteiger partial charge in [0.1, 0.15) is 0 Å². The van der Waals surface area contributed by atoms with Crippen LogP contribution in [0.25, 0.3) is 0 Å². The summed E-state index contributed by atoms with van der Waals surface area (Å²) in [4.78, 5) is 13.6. The van der Waals surface area contributed by atoms with Crippen molar-refractivity contribution in [1.82, 2.24) is 4.90 Å². The van der Waals surface area contributed by atoms with E-state index >= 15 is 0 Å². The van der Waals surface area contributed by atoms with Crippen molar-refractivity contribution in [3.8, 4) is 0 Å². The largest absolute Gasteiger partial charge is 0.469 e. The molecule has 0 amide bonds. The first-order valence-corrected chi connectivity index (χ1v) is 6.68. The quantitative estimate of drug-likeness (QED) is 0.632. The molecule has 0 spiro atoms. The molecule has 0 bridgehead atoms. The summed E-state index contributed by atoms with van der Waals surface area (Å²) in [6.07, 6.45) is 5.92. The van der Waals surface area contributed by atoms with E-state index in [0.717, 1.165) is 32.2 Å². The average molecular weight is 241 g/mol. The zero-order chi connectivity index (χ0) is 12.1. The number of nitrogens with zero attached hydrogens (tertiary/aromatic N) is 1. The second-order valence-corrected chi connectivity index (χ2v) is 5.16. The van der Waals surface area contributed by atoms with Crippen LogP contribution in [0.3, 0.4) is 0 Å². The number of hydrogen-bond acceptors (Lipinski definition) is 4. The summed E-state index contributed by atoms with van der Waals surface area (Å²) in [5, 5.41) is 0. The van der Waals surface area contributed by atoms with Crippen LogP contribution in [-0.2, 0) is 14.3 Å². The molecule has 4 heteroatoms. The Kier molecular flexibility index (Phi) is 4.80. The summed E-state index contributed by atoms with van der Waals surface area (Å²) in [5.41, 5.74) is 0. The van der Waals surface area contributed by atoms with E-state index in [-0.39, 0.29) is 5.97 Å². The van der Waals surface area contributed by atoms with Gasteiger partial charge in [-0.2, -0.15) is 0 Å². The molecule has 2 fully saturated rings. The molecule has 98 valence electrons. The van der Waals surface area contributed by atoms with Crippen molar-refractivity contribution in [2.24, 2.45) is 5.92 Å². The highest BCUT2D eigenvalue weighted by Crippen LogP contribution is 2.30. The van der Waals surface area contributed by atoms with Gasteiger partial charge in [0.15, 0.2) is 0 Å². The lowest BCUT2D eigenvalue weighted by Crippen LogP contribution is -2.35. The maximum Gasteiger partial charge on any atom is 0.306 e.